The van der Waals surface area contributed by atoms with E-state index in [-0.39, 0.29) is 31.1 Å². The van der Waals surface area contributed by atoms with Crippen LogP contribution in [-0.2, 0) is 26.1 Å². The zero-order valence-corrected chi connectivity index (χ0v) is 16.4. The van der Waals surface area contributed by atoms with E-state index in [0.29, 0.717) is 0 Å². The number of ether oxygens (including phenoxy) is 1. The highest BCUT2D eigenvalue weighted by atomic mass is 32.2. The Bertz CT molecular complexity index is 779. The molecule has 0 bridgehead atoms. The number of sulfonamides is 1. The average Bonchev–Trinajstić information content (AvgIpc) is 2.60. The second-order valence-corrected chi connectivity index (χ2v) is 7.58. The van der Waals surface area contributed by atoms with Crippen LogP contribution in [0.5, 0.6) is 0 Å². The highest BCUT2D eigenvalue weighted by Gasteiger charge is 2.24. The SMILES string of the molecule is CCN(CC)S(=O)(=O)c1ccc(=O)n(CC(=O)N(CCOC)CC(F)F)c1. The number of carbonyl (C=O) groups is 1. The van der Waals surface area contributed by atoms with Gasteiger partial charge in [-0.3, -0.25) is 9.59 Å². The normalized spacial score (nSPS) is 12.0. The summed E-state index contributed by atoms with van der Waals surface area (Å²) < 4.78 is 57.4. The number of aromatic nitrogens is 1. The molecule has 0 fully saturated rings. The highest BCUT2D eigenvalue weighted by molar-refractivity contribution is 7.89. The number of methoxy groups -OCH3 is 1. The van der Waals surface area contributed by atoms with E-state index in [2.05, 4.69) is 0 Å². The minimum atomic E-state index is -3.82. The summed E-state index contributed by atoms with van der Waals surface area (Å²) in [5.74, 6) is -0.730. The van der Waals surface area contributed by atoms with Gasteiger partial charge in [-0.2, -0.15) is 4.31 Å². The van der Waals surface area contributed by atoms with Crippen LogP contribution in [0, 0.1) is 0 Å². The Morgan fingerprint density at radius 2 is 1.89 bits per heavy atom. The van der Waals surface area contributed by atoms with Gasteiger partial charge in [-0.25, -0.2) is 17.2 Å². The fourth-order valence-corrected chi connectivity index (χ4v) is 3.91. The molecule has 11 heteroatoms. The lowest BCUT2D eigenvalue weighted by molar-refractivity contribution is -0.134. The van der Waals surface area contributed by atoms with Crippen molar-refractivity contribution in [2.45, 2.75) is 31.7 Å². The van der Waals surface area contributed by atoms with Gasteiger partial charge in [0.15, 0.2) is 0 Å². The third-order valence-corrected chi connectivity index (χ3v) is 5.92. The summed E-state index contributed by atoms with van der Waals surface area (Å²) in [4.78, 5) is 25.1. The molecule has 1 aromatic heterocycles. The summed E-state index contributed by atoms with van der Waals surface area (Å²) in [6.45, 7) is 2.50. The van der Waals surface area contributed by atoms with E-state index in [9.17, 15) is 26.8 Å². The smallest absolute Gasteiger partial charge is 0.255 e. The lowest BCUT2D eigenvalue weighted by atomic mass is 10.4. The Morgan fingerprint density at radius 3 is 2.41 bits per heavy atom. The molecule has 1 amide bonds. The first-order chi connectivity index (χ1) is 12.7. The zero-order chi connectivity index (χ0) is 20.6. The molecule has 0 spiro atoms. The van der Waals surface area contributed by atoms with Crippen molar-refractivity contribution in [2.24, 2.45) is 0 Å². The second kappa shape index (κ2) is 10.5. The van der Waals surface area contributed by atoms with Crippen molar-refractivity contribution in [1.29, 1.82) is 0 Å². The van der Waals surface area contributed by atoms with E-state index in [1.54, 1.807) is 13.8 Å². The standard InChI is InChI=1S/C16H25F2N3O5S/c1-4-21(5-2)27(24,25)13-6-7-15(22)20(10-13)12-16(23)19(8-9-26-3)11-14(17)18/h6-7,10,14H,4-5,8-9,11-12H2,1-3H3. The molecule has 0 unspecified atom stereocenters. The van der Waals surface area contributed by atoms with Crippen LogP contribution in [0.1, 0.15) is 13.8 Å². The molecule has 0 aliphatic carbocycles. The topological polar surface area (TPSA) is 88.9 Å². The van der Waals surface area contributed by atoms with Crippen LogP contribution < -0.4 is 5.56 Å². The molecule has 1 rings (SSSR count). The van der Waals surface area contributed by atoms with E-state index in [1.165, 1.54) is 17.5 Å². The molecule has 1 heterocycles. The number of nitrogens with zero attached hydrogens (tertiary/aromatic N) is 3. The van der Waals surface area contributed by atoms with E-state index in [1.807, 2.05) is 0 Å². The lowest BCUT2D eigenvalue weighted by Crippen LogP contribution is -2.41. The van der Waals surface area contributed by atoms with Crippen LogP contribution in [0.25, 0.3) is 0 Å². The fraction of sp³-hybridized carbons (Fsp3) is 0.625. The number of hydrogen-bond acceptors (Lipinski definition) is 5. The molecule has 0 radical (unpaired) electrons. The Hall–Kier alpha value is -1.85. The summed E-state index contributed by atoms with van der Waals surface area (Å²) in [7, 11) is -2.45. The Kier molecular flexibility index (Phi) is 9.00. The molecular formula is C16H25F2N3O5S. The zero-order valence-electron chi connectivity index (χ0n) is 15.6. The molecule has 0 saturated heterocycles. The Labute approximate surface area is 157 Å². The van der Waals surface area contributed by atoms with Crippen molar-refractivity contribution in [2.75, 3.05) is 39.9 Å². The third-order valence-electron chi connectivity index (χ3n) is 3.88. The van der Waals surface area contributed by atoms with Gasteiger partial charge in [0.05, 0.1) is 18.0 Å². The van der Waals surface area contributed by atoms with Gasteiger partial charge in [-0.1, -0.05) is 13.8 Å². The molecule has 0 aliphatic heterocycles. The van der Waals surface area contributed by atoms with Gasteiger partial charge in [-0.15, -0.1) is 0 Å². The maximum atomic E-state index is 12.7. The minimum Gasteiger partial charge on any atom is -0.383 e. The van der Waals surface area contributed by atoms with Crippen molar-refractivity contribution in [3.05, 3.63) is 28.7 Å². The van der Waals surface area contributed by atoms with Crippen LogP contribution in [-0.4, -0.2) is 74.4 Å². The quantitative estimate of drug-likeness (QED) is 0.535. The Balaban J connectivity index is 3.12. The van der Waals surface area contributed by atoms with Gasteiger partial charge in [0.25, 0.3) is 12.0 Å². The largest absolute Gasteiger partial charge is 0.383 e. The van der Waals surface area contributed by atoms with Crippen molar-refractivity contribution in [1.82, 2.24) is 13.8 Å². The first-order valence-electron chi connectivity index (χ1n) is 8.42. The van der Waals surface area contributed by atoms with E-state index in [4.69, 9.17) is 4.74 Å². The monoisotopic (exact) mass is 409 g/mol. The van der Waals surface area contributed by atoms with E-state index >= 15 is 0 Å². The van der Waals surface area contributed by atoms with E-state index < -0.39 is 41.0 Å². The maximum absolute atomic E-state index is 12.7. The molecule has 27 heavy (non-hydrogen) atoms. The number of carbonyl (C=O) groups excluding carboxylic acids is 1. The number of amides is 1. The van der Waals surface area contributed by atoms with Gasteiger partial charge in [-0.05, 0) is 6.07 Å². The molecule has 8 nitrogen and oxygen atoms in total. The summed E-state index contributed by atoms with van der Waals surface area (Å²) in [6.07, 6.45) is -1.68. The number of rotatable bonds is 11. The molecule has 1 aromatic rings. The lowest BCUT2D eigenvalue weighted by Gasteiger charge is -2.23. The number of hydrogen-bond donors (Lipinski definition) is 0. The summed E-state index contributed by atoms with van der Waals surface area (Å²) in [5.41, 5.74) is -0.606. The fourth-order valence-electron chi connectivity index (χ4n) is 2.43. The van der Waals surface area contributed by atoms with Gasteiger partial charge in [0, 0.05) is 39.0 Å². The van der Waals surface area contributed by atoms with Crippen LogP contribution >= 0.6 is 0 Å². The number of pyridine rings is 1. The van der Waals surface area contributed by atoms with Gasteiger partial charge >= 0.3 is 0 Å². The van der Waals surface area contributed by atoms with E-state index in [0.717, 1.165) is 21.7 Å². The highest BCUT2D eigenvalue weighted by Crippen LogP contribution is 2.13. The minimum absolute atomic E-state index is 0.0593. The first kappa shape index (κ1) is 23.2. The van der Waals surface area contributed by atoms with Crippen molar-refractivity contribution in [3.63, 3.8) is 0 Å². The molecule has 0 N–H and O–H groups in total. The predicted octanol–water partition coefficient (Wildman–Crippen LogP) is 0.619. The van der Waals surface area contributed by atoms with Gasteiger partial charge < -0.3 is 14.2 Å². The van der Waals surface area contributed by atoms with Crippen LogP contribution in [0.3, 0.4) is 0 Å². The Morgan fingerprint density at radius 1 is 1.26 bits per heavy atom. The van der Waals surface area contributed by atoms with Crippen molar-refractivity contribution in [3.8, 4) is 0 Å². The van der Waals surface area contributed by atoms with Crippen LogP contribution in [0.15, 0.2) is 28.0 Å². The predicted molar refractivity (Wildman–Crippen MR) is 95.3 cm³/mol. The van der Waals surface area contributed by atoms with Crippen LogP contribution in [0.2, 0.25) is 0 Å². The summed E-state index contributed by atoms with van der Waals surface area (Å²) in [5, 5.41) is 0. The van der Waals surface area contributed by atoms with Gasteiger partial charge in [0.1, 0.15) is 6.54 Å². The van der Waals surface area contributed by atoms with Crippen LogP contribution in [0.4, 0.5) is 8.78 Å². The molecule has 0 aliphatic rings. The summed E-state index contributed by atoms with van der Waals surface area (Å²) >= 11 is 0. The first-order valence-corrected chi connectivity index (χ1v) is 9.86. The third kappa shape index (κ3) is 6.36. The molecule has 0 aromatic carbocycles. The second-order valence-electron chi connectivity index (χ2n) is 5.64. The molecular weight excluding hydrogens is 384 g/mol. The molecule has 0 saturated carbocycles. The van der Waals surface area contributed by atoms with Gasteiger partial charge in [0.2, 0.25) is 15.9 Å². The number of halogens is 2. The van der Waals surface area contributed by atoms with Crippen molar-refractivity contribution < 1.29 is 26.7 Å². The molecule has 0 atom stereocenters. The maximum Gasteiger partial charge on any atom is 0.255 e. The summed E-state index contributed by atoms with van der Waals surface area (Å²) in [6, 6.07) is 2.20. The van der Waals surface area contributed by atoms with Crippen molar-refractivity contribution >= 4 is 15.9 Å². The molecule has 154 valence electrons. The number of alkyl halides is 2. The average molecular weight is 409 g/mol.